The number of nitrogens with zero attached hydrogens (tertiary/aromatic N) is 2. The molecule has 0 saturated heterocycles. The molecule has 0 unspecified atom stereocenters. The molecule has 1 amide bonds. The molecular weight excluding hydrogens is 314 g/mol. The van der Waals surface area contributed by atoms with Gasteiger partial charge in [0.05, 0.1) is 10.4 Å². The number of aryl methyl sites for hydroxylation is 1. The summed E-state index contributed by atoms with van der Waals surface area (Å²) >= 11 is 0. The Morgan fingerprint density at radius 1 is 1.21 bits per heavy atom. The predicted molar refractivity (Wildman–Crippen MR) is 86.8 cm³/mol. The van der Waals surface area contributed by atoms with Gasteiger partial charge < -0.3 is 9.73 Å². The van der Waals surface area contributed by atoms with E-state index in [1.165, 1.54) is 22.8 Å². The number of hydrogen-bond donors (Lipinski definition) is 1. The average molecular weight is 327 g/mol. The summed E-state index contributed by atoms with van der Waals surface area (Å²) in [5, 5.41) is 13.3. The molecule has 1 aromatic heterocycles. The van der Waals surface area contributed by atoms with E-state index < -0.39 is 10.7 Å². The van der Waals surface area contributed by atoms with Crippen molar-refractivity contribution in [2.24, 2.45) is 0 Å². The maximum Gasteiger partial charge on any atom is 0.419 e. The van der Waals surface area contributed by atoms with Crippen LogP contribution in [0.5, 0.6) is 0 Å². The number of nitro benzene ring substituents is 1. The number of oxazole rings is 1. The van der Waals surface area contributed by atoms with Gasteiger partial charge in [-0.3, -0.25) is 19.5 Å². The fourth-order valence-corrected chi connectivity index (χ4v) is 2.36. The number of benzene rings is 2. The molecule has 2 aromatic carbocycles. The molecule has 3 aromatic rings. The van der Waals surface area contributed by atoms with Crippen molar-refractivity contribution in [2.75, 3.05) is 5.32 Å². The molecule has 122 valence electrons. The van der Waals surface area contributed by atoms with Crippen molar-refractivity contribution in [1.82, 2.24) is 4.57 Å². The summed E-state index contributed by atoms with van der Waals surface area (Å²) in [6, 6.07) is 12.6. The minimum Gasteiger partial charge on any atom is -0.408 e. The number of carbonyl (C=O) groups excluding carboxylic acids is 1. The van der Waals surface area contributed by atoms with Crippen molar-refractivity contribution in [1.29, 1.82) is 0 Å². The summed E-state index contributed by atoms with van der Waals surface area (Å²) < 4.78 is 6.47. The lowest BCUT2D eigenvalue weighted by Crippen LogP contribution is -2.19. The quantitative estimate of drug-likeness (QED) is 0.572. The van der Waals surface area contributed by atoms with E-state index in [0.717, 1.165) is 0 Å². The molecule has 8 nitrogen and oxygen atoms in total. The van der Waals surface area contributed by atoms with Crippen LogP contribution in [0.3, 0.4) is 0 Å². The first kappa shape index (κ1) is 15.5. The lowest BCUT2D eigenvalue weighted by atomic mass is 10.2. The van der Waals surface area contributed by atoms with Crippen molar-refractivity contribution < 1.29 is 14.1 Å². The van der Waals surface area contributed by atoms with Crippen molar-refractivity contribution in [3.8, 4) is 0 Å². The third kappa shape index (κ3) is 3.17. The topological polar surface area (TPSA) is 107 Å². The van der Waals surface area contributed by atoms with Crippen LogP contribution < -0.4 is 11.1 Å². The first-order chi connectivity index (χ1) is 11.5. The second kappa shape index (κ2) is 6.37. The Bertz CT molecular complexity index is 973. The van der Waals surface area contributed by atoms with Gasteiger partial charge in [-0.25, -0.2) is 4.79 Å². The molecule has 1 heterocycles. The van der Waals surface area contributed by atoms with E-state index in [-0.39, 0.29) is 24.6 Å². The number of non-ortho nitro benzene ring substituents is 1. The highest BCUT2D eigenvalue weighted by molar-refractivity contribution is 5.91. The van der Waals surface area contributed by atoms with E-state index in [0.29, 0.717) is 16.8 Å². The monoisotopic (exact) mass is 327 g/mol. The Kier molecular flexibility index (Phi) is 4.11. The molecule has 0 saturated carbocycles. The lowest BCUT2D eigenvalue weighted by molar-refractivity contribution is -0.384. The average Bonchev–Trinajstić information content (AvgIpc) is 2.88. The molecule has 0 fully saturated rings. The van der Waals surface area contributed by atoms with E-state index in [4.69, 9.17) is 4.42 Å². The molecule has 0 spiro atoms. The minimum absolute atomic E-state index is 0.0339. The smallest absolute Gasteiger partial charge is 0.408 e. The highest BCUT2D eigenvalue weighted by Crippen LogP contribution is 2.17. The standard InChI is InChI=1S/C16H13N3O5/c20-15(17-11-4-3-5-12(10-11)19(22)23)8-9-18-13-6-1-2-7-14(13)24-16(18)21/h1-7,10H,8-9H2,(H,17,20). The van der Waals surface area contributed by atoms with Gasteiger partial charge in [-0.2, -0.15) is 0 Å². The van der Waals surface area contributed by atoms with Crippen molar-refractivity contribution in [2.45, 2.75) is 13.0 Å². The highest BCUT2D eigenvalue weighted by Gasteiger charge is 2.11. The molecule has 0 atom stereocenters. The molecule has 0 aliphatic heterocycles. The molecule has 1 N–H and O–H groups in total. The van der Waals surface area contributed by atoms with Crippen LogP contribution in [0.25, 0.3) is 11.1 Å². The zero-order valence-corrected chi connectivity index (χ0v) is 12.5. The van der Waals surface area contributed by atoms with Gasteiger partial charge >= 0.3 is 5.76 Å². The Balaban J connectivity index is 1.69. The van der Waals surface area contributed by atoms with Gasteiger partial charge in [-0.05, 0) is 18.2 Å². The Labute approximate surface area is 135 Å². The fourth-order valence-electron chi connectivity index (χ4n) is 2.36. The number of rotatable bonds is 5. The lowest BCUT2D eigenvalue weighted by Gasteiger charge is -2.05. The van der Waals surface area contributed by atoms with E-state index in [1.807, 2.05) is 0 Å². The van der Waals surface area contributed by atoms with Crippen molar-refractivity contribution in [3.05, 3.63) is 69.2 Å². The molecular formula is C16H13N3O5. The van der Waals surface area contributed by atoms with Crippen LogP contribution in [0, 0.1) is 10.1 Å². The van der Waals surface area contributed by atoms with Gasteiger partial charge in [-0.15, -0.1) is 0 Å². The summed E-state index contributed by atoms with van der Waals surface area (Å²) in [7, 11) is 0. The zero-order chi connectivity index (χ0) is 17.1. The molecule has 0 bridgehead atoms. The van der Waals surface area contributed by atoms with Gasteiger partial charge in [0.25, 0.3) is 5.69 Å². The Hall–Kier alpha value is -3.42. The summed E-state index contributed by atoms with van der Waals surface area (Å²) in [5.41, 5.74) is 1.30. The number of amides is 1. The summed E-state index contributed by atoms with van der Waals surface area (Å²) in [4.78, 5) is 34.0. The van der Waals surface area contributed by atoms with Gasteiger partial charge in [-0.1, -0.05) is 18.2 Å². The van der Waals surface area contributed by atoms with Crippen LogP contribution in [0.15, 0.2) is 57.7 Å². The normalized spacial score (nSPS) is 10.7. The predicted octanol–water partition coefficient (Wildman–Crippen LogP) is 2.53. The molecule has 24 heavy (non-hydrogen) atoms. The fraction of sp³-hybridized carbons (Fsp3) is 0.125. The zero-order valence-electron chi connectivity index (χ0n) is 12.5. The van der Waals surface area contributed by atoms with E-state index in [9.17, 15) is 19.7 Å². The number of para-hydroxylation sites is 2. The van der Waals surface area contributed by atoms with Crippen LogP contribution in [0.1, 0.15) is 6.42 Å². The molecule has 0 aliphatic carbocycles. The summed E-state index contributed by atoms with van der Waals surface area (Å²) in [6.45, 7) is 0.149. The maximum atomic E-state index is 12.0. The van der Waals surface area contributed by atoms with Gasteiger partial charge in [0, 0.05) is 30.8 Å². The van der Waals surface area contributed by atoms with Crippen LogP contribution in [0.4, 0.5) is 11.4 Å². The molecule has 0 radical (unpaired) electrons. The first-order valence-corrected chi connectivity index (χ1v) is 7.17. The summed E-state index contributed by atoms with van der Waals surface area (Å²) in [5.74, 6) is -0.882. The van der Waals surface area contributed by atoms with Crippen LogP contribution >= 0.6 is 0 Å². The van der Waals surface area contributed by atoms with Crippen LogP contribution in [-0.4, -0.2) is 15.4 Å². The number of fused-ring (bicyclic) bond motifs is 1. The molecule has 8 heteroatoms. The number of nitro groups is 1. The maximum absolute atomic E-state index is 12.0. The van der Waals surface area contributed by atoms with Crippen LogP contribution in [-0.2, 0) is 11.3 Å². The van der Waals surface area contributed by atoms with Crippen molar-refractivity contribution in [3.63, 3.8) is 0 Å². The highest BCUT2D eigenvalue weighted by atomic mass is 16.6. The Morgan fingerprint density at radius 3 is 2.79 bits per heavy atom. The first-order valence-electron chi connectivity index (χ1n) is 7.17. The van der Waals surface area contributed by atoms with Gasteiger partial charge in [0.15, 0.2) is 5.58 Å². The van der Waals surface area contributed by atoms with Gasteiger partial charge in [0.1, 0.15) is 0 Å². The third-order valence-corrected chi connectivity index (χ3v) is 3.48. The second-order valence-corrected chi connectivity index (χ2v) is 5.09. The number of hydrogen-bond acceptors (Lipinski definition) is 5. The van der Waals surface area contributed by atoms with E-state index in [1.54, 1.807) is 30.3 Å². The number of anilines is 1. The van der Waals surface area contributed by atoms with Crippen molar-refractivity contribution >= 4 is 28.4 Å². The molecule has 0 aliphatic rings. The third-order valence-electron chi connectivity index (χ3n) is 3.48. The number of nitrogens with one attached hydrogen (secondary N) is 1. The number of aromatic nitrogens is 1. The second-order valence-electron chi connectivity index (χ2n) is 5.09. The largest absolute Gasteiger partial charge is 0.419 e. The van der Waals surface area contributed by atoms with Gasteiger partial charge in [0.2, 0.25) is 5.91 Å². The van der Waals surface area contributed by atoms with Crippen LogP contribution in [0.2, 0.25) is 0 Å². The van der Waals surface area contributed by atoms with E-state index >= 15 is 0 Å². The number of carbonyl (C=O) groups is 1. The molecule has 3 rings (SSSR count). The Morgan fingerprint density at radius 2 is 2.00 bits per heavy atom. The van der Waals surface area contributed by atoms with E-state index in [2.05, 4.69) is 5.32 Å². The minimum atomic E-state index is -0.535. The summed E-state index contributed by atoms with van der Waals surface area (Å²) in [6.07, 6.45) is 0.0339. The SMILES string of the molecule is O=C(CCn1c(=O)oc2ccccc21)Nc1cccc([N+](=O)[O-])c1.